The molecule has 1 aromatic rings. The van der Waals surface area contributed by atoms with E-state index in [-0.39, 0.29) is 0 Å². The summed E-state index contributed by atoms with van der Waals surface area (Å²) in [6, 6.07) is 2.62. The van der Waals surface area contributed by atoms with Gasteiger partial charge >= 0.3 is 0 Å². The summed E-state index contributed by atoms with van der Waals surface area (Å²) in [5.74, 6) is 2.36. The number of nitrogens with zero attached hydrogens (tertiary/aromatic N) is 1. The number of ether oxygens (including phenoxy) is 1. The molecule has 0 bridgehead atoms. The molecule has 1 aliphatic carbocycles. The van der Waals surface area contributed by atoms with Gasteiger partial charge in [0.05, 0.1) is 19.0 Å². The lowest BCUT2D eigenvalue weighted by atomic mass is 9.97. The van der Waals surface area contributed by atoms with Crippen molar-refractivity contribution in [1.29, 1.82) is 0 Å². The van der Waals surface area contributed by atoms with Gasteiger partial charge in [-0.2, -0.15) is 0 Å². The normalized spacial score (nSPS) is 28.1. The molecule has 0 aliphatic heterocycles. The molecular formula is C14H22N2O. The Labute approximate surface area is 104 Å². The maximum absolute atomic E-state index is 5.35. The Kier molecular flexibility index (Phi) is 3.55. The molecule has 3 heteroatoms. The summed E-state index contributed by atoms with van der Waals surface area (Å²) in [5.41, 5.74) is 2.10. The highest BCUT2D eigenvalue weighted by Crippen LogP contribution is 2.35. The van der Waals surface area contributed by atoms with Gasteiger partial charge in [0.1, 0.15) is 0 Å². The molecule has 0 radical (unpaired) electrons. The van der Waals surface area contributed by atoms with Crippen molar-refractivity contribution in [2.24, 2.45) is 11.8 Å². The van der Waals surface area contributed by atoms with Crippen molar-refractivity contribution in [3.63, 3.8) is 0 Å². The number of rotatable bonds is 3. The van der Waals surface area contributed by atoms with Crippen LogP contribution >= 0.6 is 0 Å². The number of aromatic nitrogens is 1. The van der Waals surface area contributed by atoms with Gasteiger partial charge in [-0.1, -0.05) is 13.8 Å². The van der Waals surface area contributed by atoms with Crippen LogP contribution in [0.2, 0.25) is 0 Å². The summed E-state index contributed by atoms with van der Waals surface area (Å²) >= 11 is 0. The molecule has 3 unspecified atom stereocenters. The molecule has 1 heterocycles. The highest BCUT2D eigenvalue weighted by Gasteiger charge is 2.30. The van der Waals surface area contributed by atoms with Gasteiger partial charge in [-0.3, -0.25) is 4.98 Å². The van der Waals surface area contributed by atoms with Gasteiger partial charge in [0.2, 0.25) is 0 Å². The van der Waals surface area contributed by atoms with Crippen molar-refractivity contribution in [2.75, 3.05) is 12.4 Å². The van der Waals surface area contributed by atoms with Crippen LogP contribution in [0, 0.1) is 18.8 Å². The molecule has 1 N–H and O–H groups in total. The lowest BCUT2D eigenvalue weighted by Gasteiger charge is -2.22. The molecule has 3 nitrogen and oxygen atoms in total. The second-order valence-electron chi connectivity index (χ2n) is 5.19. The first-order valence-electron chi connectivity index (χ1n) is 6.39. The minimum atomic E-state index is 0.556. The fourth-order valence-electron chi connectivity index (χ4n) is 2.59. The topological polar surface area (TPSA) is 34.1 Å². The van der Waals surface area contributed by atoms with Crippen molar-refractivity contribution in [2.45, 2.75) is 39.7 Å². The number of aryl methyl sites for hydroxylation is 1. The molecule has 1 aliphatic rings. The van der Waals surface area contributed by atoms with Crippen molar-refractivity contribution in [1.82, 2.24) is 4.98 Å². The lowest BCUT2D eigenvalue weighted by Crippen LogP contribution is -2.24. The van der Waals surface area contributed by atoms with Crippen molar-refractivity contribution < 1.29 is 4.74 Å². The quantitative estimate of drug-likeness (QED) is 0.871. The molecule has 0 saturated heterocycles. The Hall–Kier alpha value is -1.25. The minimum absolute atomic E-state index is 0.556. The van der Waals surface area contributed by atoms with Crippen LogP contribution in [-0.4, -0.2) is 18.1 Å². The third-order valence-corrected chi connectivity index (χ3v) is 4.03. The lowest BCUT2D eigenvalue weighted by molar-refractivity contribution is 0.410. The van der Waals surface area contributed by atoms with Gasteiger partial charge < -0.3 is 10.1 Å². The number of hydrogen-bond donors (Lipinski definition) is 1. The summed E-state index contributed by atoms with van der Waals surface area (Å²) < 4.78 is 5.35. The van der Waals surface area contributed by atoms with Gasteiger partial charge in [0.15, 0.2) is 5.75 Å². The number of nitrogens with one attached hydrogen (secondary N) is 1. The van der Waals surface area contributed by atoms with Gasteiger partial charge in [0, 0.05) is 11.7 Å². The molecule has 17 heavy (non-hydrogen) atoms. The maximum Gasteiger partial charge on any atom is 0.160 e. The van der Waals surface area contributed by atoms with Crippen molar-refractivity contribution >= 4 is 5.69 Å². The van der Waals surface area contributed by atoms with E-state index in [1.165, 1.54) is 12.8 Å². The molecule has 1 fully saturated rings. The van der Waals surface area contributed by atoms with Crippen LogP contribution in [0.3, 0.4) is 0 Å². The summed E-state index contributed by atoms with van der Waals surface area (Å²) in [4.78, 5) is 4.25. The van der Waals surface area contributed by atoms with Crippen LogP contribution < -0.4 is 10.1 Å². The Bertz CT molecular complexity index is 392. The van der Waals surface area contributed by atoms with E-state index in [0.717, 1.165) is 23.0 Å². The zero-order valence-corrected chi connectivity index (χ0v) is 11.2. The first-order valence-corrected chi connectivity index (χ1v) is 6.39. The average molecular weight is 234 g/mol. The van der Waals surface area contributed by atoms with Crippen LogP contribution in [0.4, 0.5) is 5.69 Å². The fraction of sp³-hybridized carbons (Fsp3) is 0.643. The third-order valence-electron chi connectivity index (χ3n) is 4.03. The van der Waals surface area contributed by atoms with E-state index in [4.69, 9.17) is 4.74 Å². The molecule has 0 amide bonds. The number of hydrogen-bond acceptors (Lipinski definition) is 3. The monoisotopic (exact) mass is 234 g/mol. The number of methoxy groups -OCH3 is 1. The second-order valence-corrected chi connectivity index (χ2v) is 5.19. The third kappa shape index (κ3) is 2.54. The van der Waals surface area contributed by atoms with E-state index in [1.54, 1.807) is 13.3 Å². The molecule has 94 valence electrons. The molecule has 2 rings (SSSR count). The van der Waals surface area contributed by atoms with Gasteiger partial charge in [-0.25, -0.2) is 0 Å². The largest absolute Gasteiger partial charge is 0.493 e. The van der Waals surface area contributed by atoms with E-state index in [1.807, 2.05) is 6.92 Å². The minimum Gasteiger partial charge on any atom is -0.493 e. The van der Waals surface area contributed by atoms with E-state index in [2.05, 4.69) is 30.2 Å². The first-order chi connectivity index (χ1) is 8.11. The smallest absolute Gasteiger partial charge is 0.160 e. The average Bonchev–Trinajstić information content (AvgIpc) is 2.61. The van der Waals surface area contributed by atoms with Gasteiger partial charge in [-0.05, 0) is 37.7 Å². The summed E-state index contributed by atoms with van der Waals surface area (Å²) in [6.45, 7) is 6.67. The molecule has 3 atom stereocenters. The van der Waals surface area contributed by atoms with Crippen LogP contribution in [0.15, 0.2) is 12.3 Å². The highest BCUT2D eigenvalue weighted by atomic mass is 16.5. The van der Waals surface area contributed by atoms with E-state index < -0.39 is 0 Å². The molecule has 0 aromatic carbocycles. The van der Waals surface area contributed by atoms with Crippen LogP contribution in [0.1, 0.15) is 32.4 Å². The van der Waals surface area contributed by atoms with Crippen molar-refractivity contribution in [3.8, 4) is 5.75 Å². The highest BCUT2D eigenvalue weighted by molar-refractivity contribution is 5.56. The maximum atomic E-state index is 5.35. The predicted octanol–water partition coefficient (Wildman–Crippen LogP) is 3.25. The second kappa shape index (κ2) is 4.94. The summed E-state index contributed by atoms with van der Waals surface area (Å²) in [5, 5.41) is 3.62. The van der Waals surface area contributed by atoms with Crippen molar-refractivity contribution in [3.05, 3.63) is 18.0 Å². The summed E-state index contributed by atoms with van der Waals surface area (Å²) in [6.07, 6.45) is 4.35. The Morgan fingerprint density at radius 1 is 1.35 bits per heavy atom. The summed E-state index contributed by atoms with van der Waals surface area (Å²) in [7, 11) is 1.69. The fourth-order valence-corrected chi connectivity index (χ4v) is 2.59. The van der Waals surface area contributed by atoms with E-state index in [9.17, 15) is 0 Å². The van der Waals surface area contributed by atoms with E-state index >= 15 is 0 Å². The number of anilines is 1. The molecule has 1 aromatic heterocycles. The SMILES string of the molecule is COc1cnc(C)cc1NC1CCC(C)C1C. The van der Waals surface area contributed by atoms with Crippen LogP contribution in [0.5, 0.6) is 5.75 Å². The van der Waals surface area contributed by atoms with Gasteiger partial charge in [-0.15, -0.1) is 0 Å². The van der Waals surface area contributed by atoms with E-state index in [0.29, 0.717) is 12.0 Å². The zero-order valence-electron chi connectivity index (χ0n) is 11.2. The number of pyridine rings is 1. The van der Waals surface area contributed by atoms with Gasteiger partial charge in [0.25, 0.3) is 0 Å². The molecule has 1 saturated carbocycles. The van der Waals surface area contributed by atoms with Crippen LogP contribution in [0.25, 0.3) is 0 Å². The Morgan fingerprint density at radius 2 is 2.12 bits per heavy atom. The van der Waals surface area contributed by atoms with Crippen LogP contribution in [-0.2, 0) is 0 Å². The first kappa shape index (κ1) is 12.2. The Balaban J connectivity index is 2.15. The molecular weight excluding hydrogens is 212 g/mol. The standard InChI is InChI=1S/C14H22N2O/c1-9-5-6-12(11(9)3)16-13-7-10(2)15-8-14(13)17-4/h7-9,11-12H,5-6H2,1-4H3,(H,15,16). The predicted molar refractivity (Wildman–Crippen MR) is 70.5 cm³/mol. The Morgan fingerprint density at radius 3 is 2.71 bits per heavy atom. The molecule has 0 spiro atoms. The zero-order chi connectivity index (χ0) is 12.4.